The number of carbonyl (C=O) groups is 1. The van der Waals surface area contributed by atoms with Gasteiger partial charge in [0, 0.05) is 15.8 Å². The highest BCUT2D eigenvalue weighted by atomic mass is 32.2. The van der Waals surface area contributed by atoms with Crippen molar-refractivity contribution in [1.82, 2.24) is 5.32 Å². The Morgan fingerprint density at radius 2 is 1.48 bits per heavy atom. The van der Waals surface area contributed by atoms with Gasteiger partial charge < -0.3 is 5.32 Å². The highest BCUT2D eigenvalue weighted by Gasteiger charge is 2.27. The van der Waals surface area contributed by atoms with E-state index in [4.69, 9.17) is 0 Å². The summed E-state index contributed by atoms with van der Waals surface area (Å²) in [7, 11) is 0. The molecule has 0 unspecified atom stereocenters. The molecular weight excluding hydrogens is 328 g/mol. The third-order valence-electron chi connectivity index (χ3n) is 4.50. The van der Waals surface area contributed by atoms with Crippen molar-refractivity contribution in [2.45, 2.75) is 55.4 Å². The van der Waals surface area contributed by atoms with Gasteiger partial charge in [0.25, 0.3) is 0 Å². The first-order valence-electron chi connectivity index (χ1n) is 9.16. The van der Waals surface area contributed by atoms with E-state index in [9.17, 15) is 4.79 Å². The fourth-order valence-corrected chi connectivity index (χ4v) is 4.39. The van der Waals surface area contributed by atoms with Crippen LogP contribution in [-0.2, 0) is 4.79 Å². The number of hydrogen-bond donors (Lipinski definition) is 1. The van der Waals surface area contributed by atoms with Gasteiger partial charge in [0.15, 0.2) is 0 Å². The van der Waals surface area contributed by atoms with Gasteiger partial charge in [-0.1, -0.05) is 62.7 Å². The van der Waals surface area contributed by atoms with Crippen molar-refractivity contribution in [3.05, 3.63) is 48.5 Å². The molecule has 2 aromatic carbocycles. The van der Waals surface area contributed by atoms with Gasteiger partial charge in [-0.25, -0.2) is 0 Å². The van der Waals surface area contributed by atoms with Gasteiger partial charge >= 0.3 is 0 Å². The quantitative estimate of drug-likeness (QED) is 0.725. The summed E-state index contributed by atoms with van der Waals surface area (Å²) in [6.45, 7) is 4.76. The molecule has 1 aliphatic rings. The lowest BCUT2D eigenvalue weighted by Crippen LogP contribution is -2.40. The number of nitrogens with one attached hydrogen (secondary N) is 1. The van der Waals surface area contributed by atoms with Gasteiger partial charge in [0.05, 0.1) is 17.9 Å². The summed E-state index contributed by atoms with van der Waals surface area (Å²) in [6, 6.07) is 16.7. The molecule has 1 amide bonds. The zero-order valence-electron chi connectivity index (χ0n) is 15.0. The van der Waals surface area contributed by atoms with Crippen LogP contribution in [0.2, 0.25) is 0 Å². The van der Waals surface area contributed by atoms with E-state index in [1.807, 2.05) is 41.3 Å². The number of nitrogens with zero attached hydrogens (tertiary/aromatic N) is 1. The lowest BCUT2D eigenvalue weighted by atomic mass is 10.1. The smallest absolute Gasteiger partial charge is 0.245 e. The van der Waals surface area contributed by atoms with E-state index in [2.05, 4.69) is 31.3 Å². The van der Waals surface area contributed by atoms with Crippen LogP contribution in [0.4, 0.5) is 11.4 Å². The molecule has 0 fully saturated rings. The largest absolute Gasteiger partial charge is 0.306 e. The highest BCUT2D eigenvalue weighted by molar-refractivity contribution is 7.99. The normalized spacial score (nSPS) is 12.8. The summed E-state index contributed by atoms with van der Waals surface area (Å²) >= 11 is 1.73. The van der Waals surface area contributed by atoms with Gasteiger partial charge in [-0.15, -0.1) is 0 Å². The zero-order chi connectivity index (χ0) is 17.6. The van der Waals surface area contributed by atoms with E-state index in [1.54, 1.807) is 11.8 Å². The summed E-state index contributed by atoms with van der Waals surface area (Å²) in [4.78, 5) is 17.2. The molecule has 1 heterocycles. The van der Waals surface area contributed by atoms with Crippen LogP contribution in [0.5, 0.6) is 0 Å². The van der Waals surface area contributed by atoms with Crippen LogP contribution < -0.4 is 10.2 Å². The van der Waals surface area contributed by atoms with Gasteiger partial charge in [-0.2, -0.15) is 0 Å². The highest BCUT2D eigenvalue weighted by Crippen LogP contribution is 2.47. The van der Waals surface area contributed by atoms with Crippen molar-refractivity contribution in [2.24, 2.45) is 0 Å². The molecule has 0 atom stereocenters. The van der Waals surface area contributed by atoms with E-state index in [1.165, 1.54) is 0 Å². The third-order valence-corrected chi connectivity index (χ3v) is 5.63. The van der Waals surface area contributed by atoms with Crippen LogP contribution in [0, 0.1) is 0 Å². The first kappa shape index (κ1) is 18.0. The van der Waals surface area contributed by atoms with E-state index in [-0.39, 0.29) is 5.91 Å². The second-order valence-electron chi connectivity index (χ2n) is 6.42. The molecule has 0 saturated carbocycles. The molecule has 0 aliphatic carbocycles. The Balaban J connectivity index is 1.82. The van der Waals surface area contributed by atoms with Crippen LogP contribution >= 0.6 is 11.8 Å². The standard InChI is InChI=1S/C21H26N2OS/c1-3-9-16(10-4-2)22-15-21(24)23-17-11-5-7-13-19(17)25-20-14-8-6-12-18(20)23/h5-8,11-14,16,22H,3-4,9-10,15H2,1-2H3. The van der Waals surface area contributed by atoms with Crippen molar-refractivity contribution in [1.29, 1.82) is 0 Å². The molecule has 0 bridgehead atoms. The Bertz CT molecular complexity index is 680. The number of para-hydroxylation sites is 2. The Morgan fingerprint density at radius 3 is 2.00 bits per heavy atom. The molecule has 1 N–H and O–H groups in total. The summed E-state index contributed by atoms with van der Waals surface area (Å²) in [5.41, 5.74) is 1.97. The SMILES string of the molecule is CCCC(CCC)NCC(=O)N1c2ccccc2Sc2ccccc21. The van der Waals surface area contributed by atoms with E-state index in [0.717, 1.165) is 46.8 Å². The maximum Gasteiger partial charge on any atom is 0.245 e. The van der Waals surface area contributed by atoms with Gasteiger partial charge in [-0.3, -0.25) is 9.69 Å². The molecule has 4 heteroatoms. The fraction of sp³-hybridized carbons (Fsp3) is 0.381. The predicted octanol–water partition coefficient (Wildman–Crippen LogP) is 5.37. The van der Waals surface area contributed by atoms with E-state index in [0.29, 0.717) is 12.6 Å². The summed E-state index contributed by atoms with van der Waals surface area (Å²) < 4.78 is 0. The first-order valence-corrected chi connectivity index (χ1v) is 9.98. The third kappa shape index (κ3) is 4.07. The summed E-state index contributed by atoms with van der Waals surface area (Å²) in [5, 5.41) is 3.48. The molecule has 0 saturated heterocycles. The first-order chi connectivity index (χ1) is 12.2. The van der Waals surface area contributed by atoms with Crippen molar-refractivity contribution in [3.8, 4) is 0 Å². The monoisotopic (exact) mass is 354 g/mol. The Morgan fingerprint density at radius 1 is 0.960 bits per heavy atom. The number of benzene rings is 2. The van der Waals surface area contributed by atoms with Crippen molar-refractivity contribution >= 4 is 29.0 Å². The molecule has 3 rings (SSSR count). The van der Waals surface area contributed by atoms with Crippen LogP contribution in [0.25, 0.3) is 0 Å². The Hall–Kier alpha value is -1.78. The average molecular weight is 355 g/mol. The number of amides is 1. The predicted molar refractivity (Wildman–Crippen MR) is 106 cm³/mol. The number of carbonyl (C=O) groups excluding carboxylic acids is 1. The molecule has 1 aliphatic heterocycles. The number of hydrogen-bond acceptors (Lipinski definition) is 3. The topological polar surface area (TPSA) is 32.3 Å². The lowest BCUT2D eigenvalue weighted by molar-refractivity contribution is -0.117. The second kappa shape index (κ2) is 8.54. The number of rotatable bonds is 7. The molecule has 3 nitrogen and oxygen atoms in total. The van der Waals surface area contributed by atoms with Crippen LogP contribution in [0.15, 0.2) is 58.3 Å². The minimum atomic E-state index is 0.109. The van der Waals surface area contributed by atoms with Gasteiger partial charge in [0.1, 0.15) is 0 Å². The van der Waals surface area contributed by atoms with Crippen molar-refractivity contribution < 1.29 is 4.79 Å². The van der Waals surface area contributed by atoms with E-state index >= 15 is 0 Å². The van der Waals surface area contributed by atoms with Crippen molar-refractivity contribution in [3.63, 3.8) is 0 Å². The maximum absolute atomic E-state index is 13.1. The summed E-state index contributed by atoms with van der Waals surface area (Å²) in [5.74, 6) is 0.109. The molecule has 25 heavy (non-hydrogen) atoms. The fourth-order valence-electron chi connectivity index (χ4n) is 3.33. The molecule has 132 valence electrons. The molecular formula is C21H26N2OS. The minimum Gasteiger partial charge on any atom is -0.306 e. The maximum atomic E-state index is 13.1. The van der Waals surface area contributed by atoms with Gasteiger partial charge in [-0.05, 0) is 37.1 Å². The average Bonchev–Trinajstić information content (AvgIpc) is 2.64. The van der Waals surface area contributed by atoms with E-state index < -0.39 is 0 Å². The van der Waals surface area contributed by atoms with Crippen molar-refractivity contribution in [2.75, 3.05) is 11.4 Å². The minimum absolute atomic E-state index is 0.109. The lowest BCUT2D eigenvalue weighted by Gasteiger charge is -2.31. The Labute approximate surface area is 154 Å². The van der Waals surface area contributed by atoms with Gasteiger partial charge in [0.2, 0.25) is 5.91 Å². The zero-order valence-corrected chi connectivity index (χ0v) is 15.8. The molecule has 0 spiro atoms. The van der Waals surface area contributed by atoms with Crippen LogP contribution in [0.1, 0.15) is 39.5 Å². The van der Waals surface area contributed by atoms with Crippen LogP contribution in [0.3, 0.4) is 0 Å². The molecule has 2 aromatic rings. The Kier molecular flexibility index (Phi) is 6.16. The van der Waals surface area contributed by atoms with Crippen LogP contribution in [-0.4, -0.2) is 18.5 Å². The number of fused-ring (bicyclic) bond motifs is 2. The summed E-state index contributed by atoms with van der Waals surface area (Å²) in [6.07, 6.45) is 4.50. The second-order valence-corrected chi connectivity index (χ2v) is 7.51. The molecule has 0 aromatic heterocycles. The molecule has 0 radical (unpaired) electrons. The number of anilines is 2.